The van der Waals surface area contributed by atoms with E-state index in [0.29, 0.717) is 6.07 Å². The monoisotopic (exact) mass is 294 g/mol. The highest BCUT2D eigenvalue weighted by Gasteiger charge is 2.33. The van der Waals surface area contributed by atoms with Crippen LogP contribution < -0.4 is 5.32 Å². The molecule has 0 spiro atoms. The maximum Gasteiger partial charge on any atom is 0.433 e. The normalized spacial score (nSPS) is 13.1. The Morgan fingerprint density at radius 1 is 1.50 bits per heavy atom. The number of aliphatic hydroxyl groups excluding tert-OH is 1. The van der Waals surface area contributed by atoms with Gasteiger partial charge in [0.2, 0.25) is 0 Å². The molecule has 0 aliphatic carbocycles. The zero-order valence-corrected chi connectivity index (χ0v) is 10.4. The van der Waals surface area contributed by atoms with Crippen molar-refractivity contribution >= 4 is 11.8 Å². The van der Waals surface area contributed by atoms with Crippen LogP contribution in [-0.2, 0) is 10.9 Å². The second kappa shape index (κ2) is 6.53. The van der Waals surface area contributed by atoms with Gasteiger partial charge in [0.15, 0.2) is 0 Å². The van der Waals surface area contributed by atoms with Crippen molar-refractivity contribution in [2.75, 3.05) is 25.6 Å². The van der Waals surface area contributed by atoms with Gasteiger partial charge in [-0.05, 0) is 12.1 Å². The Morgan fingerprint density at radius 3 is 2.65 bits per heavy atom. The zero-order valence-electron chi connectivity index (χ0n) is 10.4. The van der Waals surface area contributed by atoms with Gasteiger partial charge in [-0.25, -0.2) is 9.78 Å². The van der Waals surface area contributed by atoms with Crippen LogP contribution in [0.2, 0.25) is 0 Å². The third-order valence-electron chi connectivity index (χ3n) is 2.28. The number of carboxylic acids is 1. The number of carbonyl (C=O) groups is 1. The number of anilines is 1. The van der Waals surface area contributed by atoms with Crippen molar-refractivity contribution in [3.63, 3.8) is 0 Å². The quantitative estimate of drug-likeness (QED) is 0.730. The van der Waals surface area contributed by atoms with Crippen LogP contribution in [0.3, 0.4) is 0 Å². The lowest BCUT2D eigenvalue weighted by molar-refractivity contribution is -0.141. The maximum atomic E-state index is 12.5. The van der Waals surface area contributed by atoms with Gasteiger partial charge in [0.1, 0.15) is 17.1 Å². The third kappa shape index (κ3) is 4.35. The summed E-state index contributed by atoms with van der Waals surface area (Å²) in [6.07, 6.45) is -5.68. The Balaban J connectivity index is 2.98. The number of aromatic carboxylic acids is 1. The lowest BCUT2D eigenvalue weighted by Gasteiger charge is -2.14. The number of aromatic nitrogens is 1. The smallest absolute Gasteiger partial charge is 0.433 e. The second-order valence-electron chi connectivity index (χ2n) is 3.89. The average Bonchev–Trinajstić information content (AvgIpc) is 2.35. The molecule has 20 heavy (non-hydrogen) atoms. The van der Waals surface area contributed by atoms with Crippen LogP contribution in [0.25, 0.3) is 0 Å². The molecule has 1 aromatic heterocycles. The molecule has 0 aliphatic heterocycles. The van der Waals surface area contributed by atoms with Crippen molar-refractivity contribution in [1.82, 2.24) is 4.98 Å². The molecule has 3 N–H and O–H groups in total. The van der Waals surface area contributed by atoms with Crippen molar-refractivity contribution in [1.29, 1.82) is 0 Å². The van der Waals surface area contributed by atoms with E-state index >= 15 is 0 Å². The van der Waals surface area contributed by atoms with Crippen LogP contribution in [0.1, 0.15) is 16.1 Å². The van der Waals surface area contributed by atoms with Crippen molar-refractivity contribution in [2.45, 2.75) is 12.3 Å². The van der Waals surface area contributed by atoms with Gasteiger partial charge in [0.25, 0.3) is 0 Å². The number of carboxylic acid groups (broad SMARTS) is 1. The summed E-state index contributed by atoms with van der Waals surface area (Å²) in [5.74, 6) is -1.88. The van der Waals surface area contributed by atoms with E-state index in [-0.39, 0.29) is 13.2 Å². The molecule has 0 bridgehead atoms. The minimum Gasteiger partial charge on any atom is -0.478 e. The second-order valence-corrected chi connectivity index (χ2v) is 3.89. The van der Waals surface area contributed by atoms with E-state index in [1.165, 1.54) is 7.11 Å². The minimum atomic E-state index is -4.68. The molecule has 9 heteroatoms. The number of hydrogen-bond acceptors (Lipinski definition) is 5. The van der Waals surface area contributed by atoms with Crippen LogP contribution >= 0.6 is 0 Å². The number of nitrogens with zero attached hydrogens (tertiary/aromatic N) is 1. The van der Waals surface area contributed by atoms with E-state index in [2.05, 4.69) is 15.0 Å². The van der Waals surface area contributed by atoms with Crippen LogP contribution in [0, 0.1) is 0 Å². The molecule has 1 aromatic rings. The van der Waals surface area contributed by atoms with Crippen LogP contribution in [0.5, 0.6) is 0 Å². The minimum absolute atomic E-state index is 0.0473. The van der Waals surface area contributed by atoms with E-state index in [1.54, 1.807) is 0 Å². The predicted octanol–water partition coefficient (Wildman–Crippen LogP) is 1.22. The number of rotatable bonds is 6. The number of hydrogen-bond donors (Lipinski definition) is 3. The fraction of sp³-hybridized carbons (Fsp3) is 0.455. The molecular formula is C11H13F3N2O4. The first kappa shape index (κ1) is 16.2. The number of alkyl halides is 3. The molecule has 0 saturated heterocycles. The van der Waals surface area contributed by atoms with Crippen LogP contribution in [0.4, 0.5) is 19.0 Å². The molecule has 0 radical (unpaired) electrons. The molecule has 1 atom stereocenters. The molecule has 0 aromatic carbocycles. The summed E-state index contributed by atoms with van der Waals surface area (Å²) >= 11 is 0. The fourth-order valence-electron chi connectivity index (χ4n) is 1.39. The topological polar surface area (TPSA) is 91.7 Å². The molecule has 0 aliphatic rings. The molecule has 1 unspecified atom stereocenters. The van der Waals surface area contributed by atoms with Gasteiger partial charge < -0.3 is 20.3 Å². The Bertz CT molecular complexity index is 479. The van der Waals surface area contributed by atoms with Crippen molar-refractivity contribution in [2.24, 2.45) is 0 Å². The molecule has 0 saturated carbocycles. The maximum absolute atomic E-state index is 12.5. The largest absolute Gasteiger partial charge is 0.478 e. The number of methoxy groups -OCH3 is 1. The summed E-state index contributed by atoms with van der Waals surface area (Å²) in [4.78, 5) is 14.1. The van der Waals surface area contributed by atoms with E-state index in [4.69, 9.17) is 5.11 Å². The first-order chi connectivity index (χ1) is 9.25. The Morgan fingerprint density at radius 2 is 2.15 bits per heavy atom. The SMILES string of the molecule is COCC(O)CNc1nc(C(F)(F)F)ccc1C(=O)O. The Kier molecular flexibility index (Phi) is 5.28. The fourth-order valence-corrected chi connectivity index (χ4v) is 1.39. The zero-order chi connectivity index (χ0) is 15.3. The summed E-state index contributed by atoms with van der Waals surface area (Å²) in [5, 5.41) is 20.6. The average molecular weight is 294 g/mol. The highest BCUT2D eigenvalue weighted by molar-refractivity contribution is 5.93. The van der Waals surface area contributed by atoms with Crippen molar-refractivity contribution in [3.05, 3.63) is 23.4 Å². The Hall–Kier alpha value is -1.87. The van der Waals surface area contributed by atoms with Gasteiger partial charge in [-0.2, -0.15) is 13.2 Å². The molecule has 1 heterocycles. The molecule has 0 fully saturated rings. The summed E-state index contributed by atoms with van der Waals surface area (Å²) < 4.78 is 42.2. The van der Waals surface area contributed by atoms with E-state index < -0.39 is 35.3 Å². The van der Waals surface area contributed by atoms with Gasteiger partial charge in [-0.1, -0.05) is 0 Å². The third-order valence-corrected chi connectivity index (χ3v) is 2.28. The number of ether oxygens (including phenoxy) is 1. The molecule has 0 amide bonds. The van der Waals surface area contributed by atoms with E-state index in [0.717, 1.165) is 6.07 Å². The van der Waals surface area contributed by atoms with Crippen LogP contribution in [0.15, 0.2) is 12.1 Å². The van der Waals surface area contributed by atoms with Gasteiger partial charge in [0, 0.05) is 13.7 Å². The highest BCUT2D eigenvalue weighted by atomic mass is 19.4. The number of aliphatic hydroxyl groups is 1. The van der Waals surface area contributed by atoms with Gasteiger partial charge in [0.05, 0.1) is 12.7 Å². The Labute approximate surface area is 112 Å². The lowest BCUT2D eigenvalue weighted by Crippen LogP contribution is -2.25. The molecule has 6 nitrogen and oxygen atoms in total. The number of pyridine rings is 1. The van der Waals surface area contributed by atoms with Crippen molar-refractivity contribution in [3.8, 4) is 0 Å². The summed E-state index contributed by atoms with van der Waals surface area (Å²) in [6, 6.07) is 1.39. The summed E-state index contributed by atoms with van der Waals surface area (Å²) in [6.45, 7) is -0.239. The number of nitrogens with one attached hydrogen (secondary N) is 1. The van der Waals surface area contributed by atoms with Crippen molar-refractivity contribution < 1.29 is 32.9 Å². The van der Waals surface area contributed by atoms with E-state index in [1.807, 2.05) is 0 Å². The van der Waals surface area contributed by atoms with Crippen LogP contribution in [-0.4, -0.2) is 47.5 Å². The summed E-state index contributed by atoms with van der Waals surface area (Å²) in [7, 11) is 1.34. The summed E-state index contributed by atoms with van der Waals surface area (Å²) in [5.41, 5.74) is -1.63. The molecule has 112 valence electrons. The highest BCUT2D eigenvalue weighted by Crippen LogP contribution is 2.29. The van der Waals surface area contributed by atoms with Gasteiger partial charge in [-0.3, -0.25) is 0 Å². The predicted molar refractivity (Wildman–Crippen MR) is 62.6 cm³/mol. The van der Waals surface area contributed by atoms with Gasteiger partial charge >= 0.3 is 12.1 Å². The van der Waals surface area contributed by atoms with Gasteiger partial charge in [-0.15, -0.1) is 0 Å². The number of halogens is 3. The molecule has 1 rings (SSSR count). The van der Waals surface area contributed by atoms with E-state index in [9.17, 15) is 23.1 Å². The molecular weight excluding hydrogens is 281 g/mol. The standard InChI is InChI=1S/C11H13F3N2O4/c1-20-5-6(17)4-15-9-7(10(18)19)2-3-8(16-9)11(12,13)14/h2-3,6,17H,4-5H2,1H3,(H,15,16)(H,18,19). The first-order valence-corrected chi connectivity index (χ1v) is 5.48. The first-order valence-electron chi connectivity index (χ1n) is 5.48. The lowest BCUT2D eigenvalue weighted by atomic mass is 10.2.